The van der Waals surface area contributed by atoms with Crippen LogP contribution in [0.1, 0.15) is 25.3 Å². The molecule has 0 spiro atoms. The minimum Gasteiger partial charge on any atom is -0.371 e. The van der Waals surface area contributed by atoms with E-state index in [0.29, 0.717) is 5.54 Å². The fourth-order valence-corrected chi connectivity index (χ4v) is 2.33. The van der Waals surface area contributed by atoms with E-state index in [-0.39, 0.29) is 0 Å². The van der Waals surface area contributed by atoms with E-state index in [1.807, 2.05) is 0 Å². The summed E-state index contributed by atoms with van der Waals surface area (Å²) in [7, 11) is 2.07. The summed E-state index contributed by atoms with van der Waals surface area (Å²) in [5.41, 5.74) is 3.05. The average Bonchev–Trinajstić information content (AvgIpc) is 2.30. The zero-order valence-electron chi connectivity index (χ0n) is 10.6. The maximum atomic E-state index is 3.44. The maximum absolute atomic E-state index is 3.44. The second kappa shape index (κ2) is 4.46. The Bertz CT molecular complexity index is 352. The molecule has 2 heteroatoms. The van der Waals surface area contributed by atoms with E-state index < -0.39 is 0 Å². The molecule has 16 heavy (non-hydrogen) atoms. The number of aryl methyl sites for hydroxylation is 1. The molecular formula is C14H22N2. The van der Waals surface area contributed by atoms with Gasteiger partial charge in [0.25, 0.3) is 0 Å². The second-order valence-corrected chi connectivity index (χ2v) is 5.14. The molecule has 2 rings (SSSR count). The Labute approximate surface area is 98.7 Å². The molecule has 0 unspecified atom stereocenters. The first-order valence-electron chi connectivity index (χ1n) is 6.13. The minimum atomic E-state index is 0.334. The highest BCUT2D eigenvalue weighted by molar-refractivity contribution is 5.48. The van der Waals surface area contributed by atoms with E-state index in [0.717, 1.165) is 13.1 Å². The van der Waals surface area contributed by atoms with Crippen molar-refractivity contribution in [1.82, 2.24) is 5.32 Å². The Morgan fingerprint density at radius 2 is 1.94 bits per heavy atom. The third kappa shape index (κ3) is 2.38. The van der Waals surface area contributed by atoms with Crippen LogP contribution in [0, 0.1) is 6.92 Å². The van der Waals surface area contributed by atoms with Crippen molar-refractivity contribution in [3.8, 4) is 0 Å². The largest absolute Gasteiger partial charge is 0.371 e. The van der Waals surface area contributed by atoms with E-state index in [4.69, 9.17) is 0 Å². The lowest BCUT2D eigenvalue weighted by molar-refractivity contribution is 0.305. The van der Waals surface area contributed by atoms with Crippen LogP contribution in [0.4, 0.5) is 5.69 Å². The molecule has 1 N–H and O–H groups in total. The van der Waals surface area contributed by atoms with E-state index in [1.54, 1.807) is 0 Å². The molecule has 1 saturated heterocycles. The number of anilines is 1. The minimum absolute atomic E-state index is 0.334. The number of nitrogens with one attached hydrogen (secondary N) is 1. The zero-order chi connectivity index (χ0) is 11.6. The van der Waals surface area contributed by atoms with Gasteiger partial charge in [-0.05, 0) is 51.4 Å². The van der Waals surface area contributed by atoms with Crippen LogP contribution in [0.3, 0.4) is 0 Å². The van der Waals surface area contributed by atoms with Gasteiger partial charge in [-0.3, -0.25) is 0 Å². The van der Waals surface area contributed by atoms with Gasteiger partial charge in [0.2, 0.25) is 0 Å². The quantitative estimate of drug-likeness (QED) is 0.820. The Balaban J connectivity index is 2.04. The van der Waals surface area contributed by atoms with E-state index in [9.17, 15) is 0 Å². The molecular weight excluding hydrogens is 196 g/mol. The molecule has 2 nitrogen and oxygen atoms in total. The molecule has 1 aliphatic heterocycles. The van der Waals surface area contributed by atoms with Gasteiger partial charge in [-0.15, -0.1) is 0 Å². The van der Waals surface area contributed by atoms with E-state index >= 15 is 0 Å². The van der Waals surface area contributed by atoms with Crippen LogP contribution in [0.5, 0.6) is 0 Å². The van der Waals surface area contributed by atoms with Crippen molar-refractivity contribution in [2.45, 2.75) is 32.2 Å². The first-order chi connectivity index (χ1) is 7.63. The predicted octanol–water partition coefficient (Wildman–Crippen LogP) is 2.57. The van der Waals surface area contributed by atoms with Crippen molar-refractivity contribution in [2.24, 2.45) is 0 Å². The number of benzene rings is 1. The van der Waals surface area contributed by atoms with Crippen molar-refractivity contribution in [1.29, 1.82) is 0 Å². The topological polar surface area (TPSA) is 15.3 Å². The van der Waals surface area contributed by atoms with Gasteiger partial charge in [-0.1, -0.05) is 12.1 Å². The number of nitrogens with zero attached hydrogens (tertiary/aromatic N) is 1. The first-order valence-corrected chi connectivity index (χ1v) is 6.13. The fraction of sp³-hybridized carbons (Fsp3) is 0.571. The highest BCUT2D eigenvalue weighted by atomic mass is 15.2. The monoisotopic (exact) mass is 218 g/mol. The van der Waals surface area contributed by atoms with Crippen molar-refractivity contribution in [3.63, 3.8) is 0 Å². The van der Waals surface area contributed by atoms with Gasteiger partial charge in [0.05, 0.1) is 0 Å². The Hall–Kier alpha value is -1.02. The van der Waals surface area contributed by atoms with Gasteiger partial charge in [-0.2, -0.15) is 0 Å². The molecule has 1 fully saturated rings. The summed E-state index contributed by atoms with van der Waals surface area (Å²) in [5, 5.41) is 3.44. The van der Waals surface area contributed by atoms with Crippen LogP contribution < -0.4 is 10.2 Å². The number of hydrogen-bond donors (Lipinski definition) is 1. The summed E-state index contributed by atoms with van der Waals surface area (Å²) in [5.74, 6) is 0. The Morgan fingerprint density at radius 1 is 1.25 bits per heavy atom. The third-order valence-electron chi connectivity index (χ3n) is 3.84. The maximum Gasteiger partial charge on any atom is 0.0368 e. The summed E-state index contributed by atoms with van der Waals surface area (Å²) in [4.78, 5) is 2.49. The first kappa shape index (κ1) is 11.5. The Kier molecular flexibility index (Phi) is 3.20. The second-order valence-electron chi connectivity index (χ2n) is 5.14. The van der Waals surface area contributed by atoms with Gasteiger partial charge in [0, 0.05) is 24.3 Å². The molecule has 0 bridgehead atoms. The lowest BCUT2D eigenvalue weighted by Gasteiger charge is -2.40. The molecule has 1 heterocycles. The van der Waals surface area contributed by atoms with Gasteiger partial charge < -0.3 is 10.2 Å². The van der Waals surface area contributed by atoms with Gasteiger partial charge in [-0.25, -0.2) is 0 Å². The third-order valence-corrected chi connectivity index (χ3v) is 3.84. The summed E-state index contributed by atoms with van der Waals surface area (Å²) in [6.07, 6.45) is 2.44. The molecule has 1 aromatic rings. The fourth-order valence-electron chi connectivity index (χ4n) is 2.33. The molecule has 0 amide bonds. The highest BCUT2D eigenvalue weighted by Crippen LogP contribution is 2.26. The highest BCUT2D eigenvalue weighted by Gasteiger charge is 2.28. The molecule has 0 atom stereocenters. The van der Waals surface area contributed by atoms with Crippen LogP contribution in [0.2, 0.25) is 0 Å². The van der Waals surface area contributed by atoms with Crippen LogP contribution in [0.15, 0.2) is 24.3 Å². The van der Waals surface area contributed by atoms with Crippen LogP contribution in [-0.4, -0.2) is 25.7 Å². The summed E-state index contributed by atoms with van der Waals surface area (Å²) < 4.78 is 0. The molecule has 88 valence electrons. The number of rotatable bonds is 2. The molecule has 1 aromatic carbocycles. The van der Waals surface area contributed by atoms with Crippen LogP contribution in [-0.2, 0) is 0 Å². The predicted molar refractivity (Wildman–Crippen MR) is 70.1 cm³/mol. The summed E-state index contributed by atoms with van der Waals surface area (Å²) in [6.45, 7) is 6.79. The SMILES string of the molecule is CNC1(C)CCN(c2cccc(C)c2)CC1. The standard InChI is InChI=1S/C14H22N2/c1-12-5-4-6-13(11-12)16-9-7-14(2,15-3)8-10-16/h4-6,11,15H,7-10H2,1-3H3. The van der Waals surface area contributed by atoms with Crippen LogP contribution >= 0.6 is 0 Å². The number of hydrogen-bond acceptors (Lipinski definition) is 2. The zero-order valence-corrected chi connectivity index (χ0v) is 10.6. The van der Waals surface area contributed by atoms with Crippen LogP contribution in [0.25, 0.3) is 0 Å². The summed E-state index contributed by atoms with van der Waals surface area (Å²) in [6, 6.07) is 8.80. The lowest BCUT2D eigenvalue weighted by atomic mass is 9.89. The normalized spacial score (nSPS) is 19.8. The molecule has 0 saturated carbocycles. The molecule has 0 radical (unpaired) electrons. The van der Waals surface area contributed by atoms with Gasteiger partial charge >= 0.3 is 0 Å². The van der Waals surface area contributed by atoms with E-state index in [1.165, 1.54) is 24.1 Å². The van der Waals surface area contributed by atoms with Gasteiger partial charge in [0.1, 0.15) is 0 Å². The van der Waals surface area contributed by atoms with Crippen molar-refractivity contribution >= 4 is 5.69 Å². The van der Waals surface area contributed by atoms with Crippen molar-refractivity contribution in [3.05, 3.63) is 29.8 Å². The number of piperidine rings is 1. The van der Waals surface area contributed by atoms with Crippen molar-refractivity contribution in [2.75, 3.05) is 25.0 Å². The molecule has 0 aromatic heterocycles. The average molecular weight is 218 g/mol. The Morgan fingerprint density at radius 3 is 2.50 bits per heavy atom. The molecule has 0 aliphatic carbocycles. The lowest BCUT2D eigenvalue weighted by Crippen LogP contribution is -2.50. The molecule has 1 aliphatic rings. The smallest absolute Gasteiger partial charge is 0.0368 e. The van der Waals surface area contributed by atoms with E-state index in [2.05, 4.69) is 55.4 Å². The van der Waals surface area contributed by atoms with Crippen molar-refractivity contribution < 1.29 is 0 Å². The summed E-state index contributed by atoms with van der Waals surface area (Å²) >= 11 is 0. The van der Waals surface area contributed by atoms with Gasteiger partial charge in [0.15, 0.2) is 0 Å².